The van der Waals surface area contributed by atoms with E-state index in [9.17, 15) is 4.79 Å². The first-order valence-corrected chi connectivity index (χ1v) is 39.9. The van der Waals surface area contributed by atoms with E-state index in [1.165, 1.54) is 93.7 Å². The van der Waals surface area contributed by atoms with Crippen LogP contribution in [0.15, 0.2) is 149 Å². The zero-order valence-corrected chi connectivity index (χ0v) is 67.2. The summed E-state index contributed by atoms with van der Waals surface area (Å²) in [5, 5.41) is 5.46. The number of nitrogens with zero attached hydrogens (tertiary/aromatic N) is 18. The molecule has 0 aromatic carbocycles. The molecule has 0 saturated heterocycles. The molecule has 564 valence electrons. The van der Waals surface area contributed by atoms with Crippen molar-refractivity contribution in [3.05, 3.63) is 205 Å². The number of rotatable bonds is 15. The van der Waals surface area contributed by atoms with Crippen molar-refractivity contribution < 1.29 is 4.52 Å². The summed E-state index contributed by atoms with van der Waals surface area (Å²) in [6.07, 6.45) is 32.2. The third kappa shape index (κ3) is 18.7. The maximum absolute atomic E-state index is 11.7. The first-order valence-electron chi connectivity index (χ1n) is 38.0. The number of hydrogen-bond acceptors (Lipinski definition) is 15. The number of H-pyrrole nitrogens is 1. The normalized spacial score (nSPS) is 17.8. The summed E-state index contributed by atoms with van der Waals surface area (Å²) in [5.74, 6) is 7.27. The Bertz CT molecular complexity index is 5550. The Morgan fingerprint density at radius 3 is 1.30 bits per heavy atom. The van der Waals surface area contributed by atoms with Gasteiger partial charge in [0.2, 0.25) is 5.82 Å². The van der Waals surface area contributed by atoms with E-state index >= 15 is 0 Å². The van der Waals surface area contributed by atoms with E-state index in [0.717, 1.165) is 121 Å². The van der Waals surface area contributed by atoms with Gasteiger partial charge >= 0.3 is 5.76 Å². The van der Waals surface area contributed by atoms with Crippen molar-refractivity contribution in [1.82, 2.24) is 83.6 Å². The van der Waals surface area contributed by atoms with Crippen molar-refractivity contribution in [1.29, 1.82) is 0 Å². The highest BCUT2D eigenvalue weighted by Crippen LogP contribution is 2.42. The van der Waals surface area contributed by atoms with E-state index in [-0.39, 0.29) is 5.82 Å². The van der Waals surface area contributed by atoms with E-state index in [4.69, 9.17) is 82.4 Å². The molecular formula is C85H89BrCl3N19O2. The van der Waals surface area contributed by atoms with Crippen LogP contribution >= 0.6 is 50.7 Å². The van der Waals surface area contributed by atoms with E-state index < -0.39 is 5.76 Å². The average Bonchev–Trinajstić information content (AvgIpc) is 1.61. The van der Waals surface area contributed by atoms with Crippen LogP contribution in [0.3, 0.4) is 0 Å². The van der Waals surface area contributed by atoms with Crippen molar-refractivity contribution in [3.63, 3.8) is 0 Å². The van der Waals surface area contributed by atoms with Crippen molar-refractivity contribution in [2.24, 2.45) is 35.5 Å². The summed E-state index contributed by atoms with van der Waals surface area (Å²) in [5.41, 5.74) is 15.2. The maximum Gasteiger partial charge on any atom is 0.439 e. The van der Waals surface area contributed by atoms with Crippen molar-refractivity contribution in [2.75, 3.05) is 0 Å². The molecule has 0 aliphatic heterocycles. The Kier molecular flexibility index (Phi) is 25.1. The molecule has 110 heavy (non-hydrogen) atoms. The lowest BCUT2D eigenvalue weighted by Gasteiger charge is -2.27. The van der Waals surface area contributed by atoms with Crippen LogP contribution in [0.4, 0.5) is 11.6 Å². The Hall–Kier alpha value is -9.97. The van der Waals surface area contributed by atoms with Crippen molar-refractivity contribution in [3.8, 4) is 68.3 Å². The number of fused-ring (bicyclic) bond motifs is 3. The number of halogens is 4. The molecule has 13 aromatic heterocycles. The average molecular weight is 1600 g/mol. The smallest absolute Gasteiger partial charge is 0.361 e. The van der Waals surface area contributed by atoms with Gasteiger partial charge in [-0.1, -0.05) is 154 Å². The van der Waals surface area contributed by atoms with Gasteiger partial charge in [-0.15, -0.1) is 9.97 Å². The van der Waals surface area contributed by atoms with Gasteiger partial charge in [0, 0.05) is 92.1 Å². The molecule has 0 unspecified atom stereocenters. The molecule has 0 bridgehead atoms. The van der Waals surface area contributed by atoms with E-state index in [0.29, 0.717) is 79.3 Å². The van der Waals surface area contributed by atoms with Crippen LogP contribution in [-0.4, -0.2) is 83.6 Å². The van der Waals surface area contributed by atoms with Crippen LogP contribution in [0.1, 0.15) is 174 Å². The molecule has 0 spiro atoms. The van der Waals surface area contributed by atoms with Crippen LogP contribution in [0.2, 0.25) is 15.1 Å². The summed E-state index contributed by atoms with van der Waals surface area (Å²) in [6, 6.07) is 23.3. The van der Waals surface area contributed by atoms with Crippen LogP contribution in [-0.2, 0) is 19.6 Å². The molecule has 0 atom stereocenters. The fourth-order valence-corrected chi connectivity index (χ4v) is 15.9. The van der Waals surface area contributed by atoms with E-state index in [1.807, 2.05) is 67.4 Å². The van der Waals surface area contributed by atoms with E-state index in [2.05, 4.69) is 160 Å². The highest BCUT2D eigenvalue weighted by atomic mass is 79.9. The number of aromatic nitrogens is 17. The molecule has 21 nitrogen and oxygen atoms in total. The predicted octanol–water partition coefficient (Wildman–Crippen LogP) is 22.7. The lowest BCUT2D eigenvalue weighted by molar-refractivity contribution is 0.266. The fourth-order valence-electron chi connectivity index (χ4n) is 15.0. The molecule has 3 aliphatic carbocycles. The van der Waals surface area contributed by atoms with Crippen LogP contribution in [0, 0.1) is 48.7 Å². The molecule has 25 heteroatoms. The molecule has 3 fully saturated rings. The molecule has 1 N–H and O–H groups in total. The van der Waals surface area contributed by atoms with Gasteiger partial charge in [-0.25, -0.2) is 29.7 Å². The monoisotopic (exact) mass is 1590 g/mol. The maximum atomic E-state index is 11.7. The molecule has 16 rings (SSSR count). The quantitative estimate of drug-likeness (QED) is 0.0742. The van der Waals surface area contributed by atoms with Gasteiger partial charge in [-0.3, -0.25) is 34.4 Å². The predicted molar refractivity (Wildman–Crippen MR) is 440 cm³/mol. The first-order chi connectivity index (χ1) is 53.1. The molecule has 13 heterocycles. The number of nitrogens with one attached hydrogen (secondary N) is 1. The SMILES string of the molecule is CC(C)c1ccnc(Br)c1.CC1CCC(Cn2c(-c3cc(C(C)C)ccn3)nc3cc(-c4noc(=O)[nH]4)nc(-c4cncc(Cl)c4)c32)CC1.[C-]#[N+]c1cc2nc(-c3cc(C(C)C)ccn3)n(CC3CCC(C)CC3)c2c(-c2cncc(Cl)c2)n1.[C-]#[N+]c1cc2ncn(CC3CCC(C)CC3)c2c(-c2cncc(Cl)c2)n1. The standard InChI is InChI=1S/C29H30ClN7O2.C28H29ClN6.C20H20ClN5.C8H10BrN/c1-16(2)19-8-9-32-24(11-19)28-34-22-12-23(27-35-29(38)39-36-27)33-25(20-10-21(30)14-31-13-20)26(22)37(28)15-18-6-4-17(3)5-7-18;1-17(2)20-9-10-32-24(12-20)28-33-23-13-25(30-4)34-26(21-11-22(29)15-31-14-21)27(23)35(28)16-19-7-5-18(3)6-8-19;1-13-3-5-14(6-4-13)11-26-12-24-17-8-18(22-2)25-19(20(17)26)15-7-16(21)10-23-9-15;1-6(2)7-3-4-10-8(9)5-7/h8-14,16-18H,4-7,15H2,1-3H3,(H,35,36,38);9-15,17-19H,5-8,16H2,1-3H3;7-10,12-14H,3-6,11H2,1H3;3-6H,1-2H3. The number of hydrogen-bond donors (Lipinski definition) is 1. The zero-order chi connectivity index (χ0) is 77.3. The van der Waals surface area contributed by atoms with Gasteiger partial charge in [0.1, 0.15) is 32.7 Å². The lowest BCUT2D eigenvalue weighted by atomic mass is 9.83. The Labute approximate surface area is 664 Å². The van der Waals surface area contributed by atoms with Gasteiger partial charge in [0.15, 0.2) is 23.0 Å². The van der Waals surface area contributed by atoms with Gasteiger partial charge in [0.05, 0.1) is 49.2 Å². The molecule has 3 aliphatic rings. The van der Waals surface area contributed by atoms with Gasteiger partial charge in [-0.05, 0) is 197 Å². The fraction of sp³-hybridized carbons (Fsp3) is 0.388. The van der Waals surface area contributed by atoms with Gasteiger partial charge < -0.3 is 23.4 Å². The summed E-state index contributed by atoms with van der Waals surface area (Å²) in [4.78, 5) is 76.7. The molecule has 3 saturated carbocycles. The van der Waals surface area contributed by atoms with Gasteiger partial charge in [0.25, 0.3) is 11.6 Å². The van der Waals surface area contributed by atoms with Crippen LogP contribution < -0.4 is 5.76 Å². The lowest BCUT2D eigenvalue weighted by Crippen LogP contribution is -2.18. The summed E-state index contributed by atoms with van der Waals surface area (Å²) >= 11 is 22.1. The second-order valence-electron chi connectivity index (χ2n) is 30.7. The largest absolute Gasteiger partial charge is 0.439 e. The summed E-state index contributed by atoms with van der Waals surface area (Å²) < 4.78 is 12.4. The second-order valence-corrected chi connectivity index (χ2v) is 32.8. The number of aromatic amines is 1. The Balaban J connectivity index is 0.000000138. The topological polar surface area (TPSA) is 237 Å². The van der Waals surface area contributed by atoms with E-state index in [1.54, 1.807) is 49.3 Å². The van der Waals surface area contributed by atoms with Crippen LogP contribution in [0.25, 0.3) is 111 Å². The third-order valence-corrected chi connectivity index (χ3v) is 22.4. The highest BCUT2D eigenvalue weighted by Gasteiger charge is 2.30. The third-order valence-electron chi connectivity index (χ3n) is 21.4. The minimum atomic E-state index is -0.648. The molecular weight excluding hydrogens is 1510 g/mol. The number of imidazole rings is 3. The Morgan fingerprint density at radius 1 is 0.482 bits per heavy atom. The Morgan fingerprint density at radius 2 is 0.891 bits per heavy atom. The molecule has 0 amide bonds. The molecule has 0 radical (unpaired) electrons. The summed E-state index contributed by atoms with van der Waals surface area (Å²) in [6.45, 7) is 37.6. The van der Waals surface area contributed by atoms with Crippen molar-refractivity contribution >= 4 is 95.5 Å². The molecule has 13 aromatic rings. The van der Waals surface area contributed by atoms with Crippen molar-refractivity contribution in [2.45, 2.75) is 177 Å². The zero-order valence-electron chi connectivity index (χ0n) is 63.4. The first kappa shape index (κ1) is 78.2. The minimum Gasteiger partial charge on any atom is -0.361 e. The highest BCUT2D eigenvalue weighted by molar-refractivity contribution is 9.10. The van der Waals surface area contributed by atoms with Crippen LogP contribution in [0.5, 0.6) is 0 Å². The van der Waals surface area contributed by atoms with Gasteiger partial charge in [-0.2, -0.15) is 0 Å². The number of pyridine rings is 9. The summed E-state index contributed by atoms with van der Waals surface area (Å²) in [7, 11) is 0. The second kappa shape index (κ2) is 35.4. The minimum absolute atomic E-state index is 0.232.